The number of rotatable bonds is 5. The quantitative estimate of drug-likeness (QED) is 0.260. The van der Waals surface area contributed by atoms with Gasteiger partial charge in [-0.1, -0.05) is 23.9 Å². The van der Waals surface area contributed by atoms with Crippen molar-refractivity contribution in [3.63, 3.8) is 0 Å². The predicted octanol–water partition coefficient (Wildman–Crippen LogP) is 5.68. The number of aromatic nitrogens is 2. The molecule has 2 heterocycles. The normalized spacial score (nSPS) is 12.0. The van der Waals surface area contributed by atoms with Gasteiger partial charge in [-0.2, -0.15) is 5.26 Å². The number of allylic oxidation sites excluding steroid dienone is 1. The lowest BCUT2D eigenvalue weighted by Crippen LogP contribution is -1.92. The number of aliphatic hydroxyl groups excluding tert-OH is 1. The summed E-state index contributed by atoms with van der Waals surface area (Å²) in [6.45, 7) is 0. The van der Waals surface area contributed by atoms with E-state index in [2.05, 4.69) is 9.97 Å². The van der Waals surface area contributed by atoms with Crippen molar-refractivity contribution >= 4 is 38.9 Å². The van der Waals surface area contributed by atoms with Gasteiger partial charge >= 0.3 is 0 Å². The summed E-state index contributed by atoms with van der Waals surface area (Å²) in [4.78, 5) is 8.56. The van der Waals surface area contributed by atoms with Crippen molar-refractivity contribution in [3.05, 3.63) is 71.3 Å². The number of thioether (sulfide) groups is 1. The minimum atomic E-state index is -0.327. The molecule has 0 bridgehead atoms. The van der Waals surface area contributed by atoms with Crippen LogP contribution in [-0.2, 0) is 0 Å². The second-order valence-corrected chi connectivity index (χ2v) is 7.66. The summed E-state index contributed by atoms with van der Waals surface area (Å²) in [6, 6.07) is 15.5. The summed E-state index contributed by atoms with van der Waals surface area (Å²) in [6.07, 6.45) is 1.54. The van der Waals surface area contributed by atoms with Crippen LogP contribution < -0.4 is 0 Å². The molecule has 5 nitrogen and oxygen atoms in total. The fourth-order valence-electron chi connectivity index (χ4n) is 2.49. The van der Waals surface area contributed by atoms with Crippen LogP contribution in [0.2, 0.25) is 0 Å². The minimum Gasteiger partial charge on any atom is -0.510 e. The molecule has 0 saturated heterocycles. The smallest absolute Gasteiger partial charge is 0.256 e. The molecule has 4 aromatic rings. The number of oxazole rings is 1. The van der Waals surface area contributed by atoms with Crippen molar-refractivity contribution in [2.45, 2.75) is 5.22 Å². The van der Waals surface area contributed by atoms with Crippen LogP contribution in [0.5, 0.6) is 0 Å². The molecule has 0 spiro atoms. The number of nitrogens with zero attached hydrogens (tertiary/aromatic N) is 3. The highest BCUT2D eigenvalue weighted by Gasteiger charge is 2.15. The Morgan fingerprint density at radius 1 is 1.21 bits per heavy atom. The molecule has 8 heteroatoms. The number of halogens is 1. The molecule has 2 aromatic heterocycles. The second kappa shape index (κ2) is 7.84. The molecule has 0 unspecified atom stereocenters. The molecule has 0 saturated carbocycles. The van der Waals surface area contributed by atoms with Crippen LogP contribution in [0.1, 0.15) is 5.01 Å². The van der Waals surface area contributed by atoms with Crippen molar-refractivity contribution < 1.29 is 13.9 Å². The van der Waals surface area contributed by atoms with E-state index in [9.17, 15) is 14.8 Å². The average Bonchev–Trinajstić information content (AvgIpc) is 3.34. The zero-order valence-corrected chi connectivity index (χ0v) is 15.9. The number of aliphatic hydroxyl groups is 1. The molecule has 0 aliphatic carbocycles. The third kappa shape index (κ3) is 3.76. The van der Waals surface area contributed by atoms with Gasteiger partial charge < -0.3 is 9.52 Å². The molecule has 4 rings (SSSR count). The number of nitriles is 1. The Morgan fingerprint density at radius 2 is 2.00 bits per heavy atom. The highest BCUT2D eigenvalue weighted by atomic mass is 32.2. The molecule has 0 fully saturated rings. The van der Waals surface area contributed by atoms with Gasteiger partial charge in [0.1, 0.15) is 28.2 Å². The summed E-state index contributed by atoms with van der Waals surface area (Å²) in [5, 5.41) is 20.7. The standard InChI is InChI=1S/C20H12FN3O2S2/c21-13-7-5-12(6-8-13)17-10-23-20(26-17)27-11-16(25)14(9-22)19-24-15-3-1-2-4-18(15)28-19/h1-8,10,25H,11H2/b16-14-. The van der Waals surface area contributed by atoms with Crippen LogP contribution in [0.4, 0.5) is 4.39 Å². The van der Waals surface area contributed by atoms with Crippen molar-refractivity contribution in [1.82, 2.24) is 9.97 Å². The SMILES string of the molecule is N#C/C(=C(/O)CSc1ncc(-c2ccc(F)cc2)o1)c1nc2ccccc2s1. The van der Waals surface area contributed by atoms with E-state index < -0.39 is 0 Å². The van der Waals surface area contributed by atoms with Crippen LogP contribution in [0.3, 0.4) is 0 Å². The van der Waals surface area contributed by atoms with E-state index in [0.29, 0.717) is 21.6 Å². The van der Waals surface area contributed by atoms with E-state index in [4.69, 9.17) is 4.42 Å². The molecule has 0 radical (unpaired) electrons. The highest BCUT2D eigenvalue weighted by Crippen LogP contribution is 2.31. The van der Waals surface area contributed by atoms with E-state index in [1.807, 2.05) is 30.3 Å². The average molecular weight is 409 g/mol. The van der Waals surface area contributed by atoms with E-state index in [0.717, 1.165) is 22.0 Å². The summed E-state index contributed by atoms with van der Waals surface area (Å²) in [7, 11) is 0. The summed E-state index contributed by atoms with van der Waals surface area (Å²) < 4.78 is 19.6. The predicted molar refractivity (Wildman–Crippen MR) is 107 cm³/mol. The lowest BCUT2D eigenvalue weighted by atomic mass is 10.2. The maximum Gasteiger partial charge on any atom is 0.256 e. The number of hydrogen-bond donors (Lipinski definition) is 1. The van der Waals surface area contributed by atoms with Crippen LogP contribution in [0.25, 0.3) is 27.1 Å². The van der Waals surface area contributed by atoms with E-state index in [1.165, 1.54) is 29.7 Å². The van der Waals surface area contributed by atoms with Crippen molar-refractivity contribution in [1.29, 1.82) is 5.26 Å². The first-order valence-electron chi connectivity index (χ1n) is 8.17. The Labute approximate surface area is 167 Å². The van der Waals surface area contributed by atoms with Gasteiger partial charge in [-0.15, -0.1) is 11.3 Å². The summed E-state index contributed by atoms with van der Waals surface area (Å²) in [5.41, 5.74) is 1.62. The van der Waals surface area contributed by atoms with Crippen molar-refractivity contribution in [2.75, 3.05) is 5.75 Å². The van der Waals surface area contributed by atoms with Crippen LogP contribution >= 0.6 is 23.1 Å². The first kappa shape index (κ1) is 18.2. The number of thiazole rings is 1. The number of benzene rings is 2. The Hall–Kier alpha value is -3.15. The van der Waals surface area contributed by atoms with Gasteiger partial charge in [0, 0.05) is 5.56 Å². The lowest BCUT2D eigenvalue weighted by molar-refractivity contribution is 0.419. The number of hydrogen-bond acceptors (Lipinski definition) is 7. The number of fused-ring (bicyclic) bond motifs is 1. The van der Waals surface area contributed by atoms with Gasteiger partial charge in [-0.3, -0.25) is 0 Å². The molecule has 138 valence electrons. The molecule has 2 aromatic carbocycles. The van der Waals surface area contributed by atoms with E-state index in [-0.39, 0.29) is 22.9 Å². The first-order valence-corrected chi connectivity index (χ1v) is 9.97. The monoisotopic (exact) mass is 409 g/mol. The molecular weight excluding hydrogens is 397 g/mol. The maximum atomic E-state index is 13.0. The Bertz CT molecular complexity index is 1170. The zero-order valence-electron chi connectivity index (χ0n) is 14.3. The van der Waals surface area contributed by atoms with Crippen LogP contribution in [0, 0.1) is 17.1 Å². The molecular formula is C20H12FN3O2S2. The first-order chi connectivity index (χ1) is 13.6. The summed E-state index contributed by atoms with van der Waals surface area (Å²) >= 11 is 2.51. The van der Waals surface area contributed by atoms with Crippen LogP contribution in [0.15, 0.2) is 70.1 Å². The van der Waals surface area contributed by atoms with Gasteiger partial charge in [0.25, 0.3) is 5.22 Å². The van der Waals surface area contributed by atoms with Crippen molar-refractivity contribution in [2.24, 2.45) is 0 Å². The van der Waals surface area contributed by atoms with Crippen LogP contribution in [-0.4, -0.2) is 20.8 Å². The van der Waals surface area contributed by atoms with E-state index in [1.54, 1.807) is 12.1 Å². The third-order valence-electron chi connectivity index (χ3n) is 3.85. The van der Waals surface area contributed by atoms with Gasteiger partial charge in [0.15, 0.2) is 5.76 Å². The summed E-state index contributed by atoms with van der Waals surface area (Å²) in [5.74, 6) is 0.194. The Morgan fingerprint density at radius 3 is 2.75 bits per heavy atom. The molecule has 0 aliphatic heterocycles. The molecule has 1 N–H and O–H groups in total. The van der Waals surface area contributed by atoms with Crippen molar-refractivity contribution in [3.8, 4) is 17.4 Å². The fraction of sp³-hybridized carbons (Fsp3) is 0.0500. The minimum absolute atomic E-state index is 0.0897. The number of para-hydroxylation sites is 1. The topological polar surface area (TPSA) is 82.9 Å². The molecule has 28 heavy (non-hydrogen) atoms. The molecule has 0 amide bonds. The van der Waals surface area contributed by atoms with Gasteiger partial charge in [0.2, 0.25) is 0 Å². The lowest BCUT2D eigenvalue weighted by Gasteiger charge is -2.00. The molecule has 0 atom stereocenters. The molecule has 0 aliphatic rings. The van der Waals surface area contributed by atoms with Gasteiger partial charge in [-0.25, -0.2) is 14.4 Å². The zero-order chi connectivity index (χ0) is 19.5. The van der Waals surface area contributed by atoms with Gasteiger partial charge in [-0.05, 0) is 36.4 Å². The second-order valence-electron chi connectivity index (χ2n) is 5.71. The maximum absolute atomic E-state index is 13.0. The largest absolute Gasteiger partial charge is 0.510 e. The third-order valence-corrected chi connectivity index (χ3v) is 5.76. The Balaban J connectivity index is 1.51. The highest BCUT2D eigenvalue weighted by molar-refractivity contribution is 7.99. The Kier molecular flexibility index (Phi) is 5.10. The fourth-order valence-corrected chi connectivity index (χ4v) is 4.15. The van der Waals surface area contributed by atoms with E-state index >= 15 is 0 Å². The van der Waals surface area contributed by atoms with Gasteiger partial charge in [0.05, 0.1) is 22.2 Å².